The van der Waals surface area contributed by atoms with Crippen LogP contribution in [0.3, 0.4) is 0 Å². The Hall–Kier alpha value is -1.10. The van der Waals surface area contributed by atoms with E-state index in [-0.39, 0.29) is 0 Å². The van der Waals surface area contributed by atoms with E-state index in [0.29, 0.717) is 25.7 Å². The Morgan fingerprint density at radius 3 is 1.66 bits per heavy atom. The molecule has 1 unspecified atom stereocenters. The fourth-order valence-corrected chi connectivity index (χ4v) is 3.44. The predicted octanol–water partition coefficient (Wildman–Crippen LogP) is 7.22. The lowest BCUT2D eigenvalue weighted by atomic mass is 9.95. The fourth-order valence-electron chi connectivity index (χ4n) is 3.44. The van der Waals surface area contributed by atoms with Gasteiger partial charge in [0.1, 0.15) is 5.75 Å². The summed E-state index contributed by atoms with van der Waals surface area (Å²) in [6.45, 7) is 12.3. The van der Waals surface area contributed by atoms with E-state index in [0.717, 1.165) is 18.6 Å². The second kappa shape index (κ2) is 18.9. The summed E-state index contributed by atoms with van der Waals surface area (Å²) in [4.78, 5) is 0. The maximum atomic E-state index is 5.91. The minimum Gasteiger partial charge on any atom is -0.497 e. The summed E-state index contributed by atoms with van der Waals surface area (Å²) in [5.74, 6) is 0.382. The monoisotopic (exact) mass is 410 g/mol. The van der Waals surface area contributed by atoms with Crippen LogP contribution in [-0.2, 0) is 14.2 Å². The van der Waals surface area contributed by atoms with Gasteiger partial charge in [-0.3, -0.25) is 0 Å². The number of ether oxygens (including phenoxy) is 4. The Morgan fingerprint density at radius 1 is 0.724 bits per heavy atom. The molecule has 0 aromatic heterocycles. The van der Waals surface area contributed by atoms with Crippen molar-refractivity contribution >= 4 is 0 Å². The van der Waals surface area contributed by atoms with E-state index in [4.69, 9.17) is 18.9 Å². The first-order chi connectivity index (χ1) is 14.1. The van der Waals surface area contributed by atoms with Gasteiger partial charge < -0.3 is 18.9 Å². The molecular formula is C25H46O4. The van der Waals surface area contributed by atoms with Crippen LogP contribution in [0.2, 0.25) is 0 Å². The maximum absolute atomic E-state index is 5.91. The Kier molecular flexibility index (Phi) is 18.2. The van der Waals surface area contributed by atoms with E-state index in [9.17, 15) is 0 Å². The molecule has 1 aromatic rings. The van der Waals surface area contributed by atoms with Crippen molar-refractivity contribution in [2.24, 2.45) is 5.92 Å². The highest BCUT2D eigenvalue weighted by molar-refractivity contribution is 5.20. The normalized spacial score (nSPS) is 12.2. The van der Waals surface area contributed by atoms with Crippen LogP contribution in [0.1, 0.15) is 86.0 Å². The Labute approximate surface area is 180 Å². The zero-order valence-corrected chi connectivity index (χ0v) is 19.9. The highest BCUT2D eigenvalue weighted by Crippen LogP contribution is 2.32. The SMILES string of the molecule is CCCCCCCCC(CC)C(OCC)(OCC)OCC.COc1ccccc1. The van der Waals surface area contributed by atoms with E-state index >= 15 is 0 Å². The minimum absolute atomic E-state index is 0.309. The molecule has 0 aliphatic rings. The zero-order valence-electron chi connectivity index (χ0n) is 19.9. The van der Waals surface area contributed by atoms with Crippen molar-refractivity contribution < 1.29 is 18.9 Å². The smallest absolute Gasteiger partial charge is 0.285 e. The largest absolute Gasteiger partial charge is 0.497 e. The molecular weight excluding hydrogens is 364 g/mol. The van der Waals surface area contributed by atoms with Crippen molar-refractivity contribution in [3.05, 3.63) is 30.3 Å². The van der Waals surface area contributed by atoms with Crippen molar-refractivity contribution in [1.29, 1.82) is 0 Å². The Morgan fingerprint density at radius 2 is 1.24 bits per heavy atom. The van der Waals surface area contributed by atoms with Crippen LogP contribution in [0.25, 0.3) is 0 Å². The van der Waals surface area contributed by atoms with Crippen LogP contribution in [0.5, 0.6) is 5.75 Å². The molecule has 0 fully saturated rings. The molecule has 0 N–H and O–H groups in total. The minimum atomic E-state index is -0.837. The Bertz CT molecular complexity index is 432. The Balaban J connectivity index is 0.000000807. The molecule has 1 aromatic carbocycles. The molecule has 29 heavy (non-hydrogen) atoms. The van der Waals surface area contributed by atoms with Crippen LogP contribution in [0.15, 0.2) is 30.3 Å². The third kappa shape index (κ3) is 12.2. The zero-order chi connectivity index (χ0) is 21.8. The summed E-state index contributed by atoms with van der Waals surface area (Å²) < 4.78 is 22.7. The van der Waals surface area contributed by atoms with Gasteiger partial charge in [-0.1, -0.05) is 70.6 Å². The maximum Gasteiger partial charge on any atom is 0.285 e. The van der Waals surface area contributed by atoms with Gasteiger partial charge in [0.25, 0.3) is 5.97 Å². The van der Waals surface area contributed by atoms with Gasteiger partial charge in [0, 0.05) is 25.7 Å². The molecule has 0 aliphatic carbocycles. The van der Waals surface area contributed by atoms with E-state index in [1.54, 1.807) is 7.11 Å². The molecule has 0 amide bonds. The van der Waals surface area contributed by atoms with Crippen LogP contribution in [0.4, 0.5) is 0 Å². The molecule has 0 saturated carbocycles. The summed E-state index contributed by atoms with van der Waals surface area (Å²) in [5, 5.41) is 0. The third-order valence-corrected chi connectivity index (χ3v) is 4.91. The summed E-state index contributed by atoms with van der Waals surface area (Å²) in [6.07, 6.45) is 10.0. The fraction of sp³-hybridized carbons (Fsp3) is 0.760. The topological polar surface area (TPSA) is 36.9 Å². The highest BCUT2D eigenvalue weighted by Gasteiger charge is 2.40. The second-order valence-corrected chi connectivity index (χ2v) is 7.08. The highest BCUT2D eigenvalue weighted by atomic mass is 16.9. The van der Waals surface area contributed by atoms with Gasteiger partial charge in [-0.05, 0) is 45.7 Å². The van der Waals surface area contributed by atoms with Crippen molar-refractivity contribution in [1.82, 2.24) is 0 Å². The van der Waals surface area contributed by atoms with Crippen molar-refractivity contribution in [2.75, 3.05) is 26.9 Å². The molecule has 0 saturated heterocycles. The van der Waals surface area contributed by atoms with Crippen LogP contribution >= 0.6 is 0 Å². The molecule has 1 rings (SSSR count). The van der Waals surface area contributed by atoms with Crippen LogP contribution in [0, 0.1) is 5.92 Å². The molecule has 0 bridgehead atoms. The quantitative estimate of drug-likeness (QED) is 0.213. The third-order valence-electron chi connectivity index (χ3n) is 4.91. The van der Waals surface area contributed by atoms with E-state index < -0.39 is 5.97 Å². The first kappa shape index (κ1) is 27.9. The van der Waals surface area contributed by atoms with Crippen molar-refractivity contribution in [3.63, 3.8) is 0 Å². The molecule has 1 atom stereocenters. The molecule has 0 radical (unpaired) electrons. The summed E-state index contributed by atoms with van der Waals surface area (Å²) in [5.41, 5.74) is 0. The average Bonchev–Trinajstić information content (AvgIpc) is 2.75. The van der Waals surface area contributed by atoms with Gasteiger partial charge >= 0.3 is 0 Å². The molecule has 4 nitrogen and oxygen atoms in total. The van der Waals surface area contributed by atoms with Crippen molar-refractivity contribution in [2.45, 2.75) is 92.0 Å². The van der Waals surface area contributed by atoms with Gasteiger partial charge in [-0.25, -0.2) is 0 Å². The molecule has 170 valence electrons. The van der Waals surface area contributed by atoms with E-state index in [1.807, 2.05) is 51.1 Å². The van der Waals surface area contributed by atoms with Gasteiger partial charge in [0.2, 0.25) is 0 Å². The summed E-state index contributed by atoms with van der Waals surface area (Å²) >= 11 is 0. The number of hydrogen-bond acceptors (Lipinski definition) is 4. The van der Waals surface area contributed by atoms with Gasteiger partial charge in [0.15, 0.2) is 0 Å². The number of unbranched alkanes of at least 4 members (excludes halogenated alkanes) is 5. The molecule has 0 aliphatic heterocycles. The van der Waals surface area contributed by atoms with E-state index in [2.05, 4.69) is 13.8 Å². The number of rotatable bonds is 16. The summed E-state index contributed by atoms with van der Waals surface area (Å²) in [6, 6.07) is 9.68. The van der Waals surface area contributed by atoms with Gasteiger partial charge in [-0.2, -0.15) is 0 Å². The van der Waals surface area contributed by atoms with E-state index in [1.165, 1.54) is 38.5 Å². The predicted molar refractivity (Wildman–Crippen MR) is 122 cm³/mol. The number of benzene rings is 1. The van der Waals surface area contributed by atoms with Crippen molar-refractivity contribution in [3.8, 4) is 5.75 Å². The number of methoxy groups -OCH3 is 1. The average molecular weight is 411 g/mol. The second-order valence-electron chi connectivity index (χ2n) is 7.08. The standard InChI is InChI=1S/C18H38O3.C7H8O/c1-6-11-12-13-14-15-16-17(7-2)18(19-8-3,20-9-4)21-10-5;1-8-7-5-3-2-4-6-7/h17H,6-16H2,1-5H3;2-6H,1H3. The first-order valence-corrected chi connectivity index (χ1v) is 11.6. The lowest BCUT2D eigenvalue weighted by molar-refractivity contribution is -0.402. The van der Waals surface area contributed by atoms with Crippen LogP contribution in [-0.4, -0.2) is 32.9 Å². The molecule has 0 spiro atoms. The first-order valence-electron chi connectivity index (χ1n) is 11.6. The van der Waals surface area contributed by atoms with Gasteiger partial charge in [-0.15, -0.1) is 0 Å². The number of hydrogen-bond donors (Lipinski definition) is 0. The number of para-hydroxylation sites is 1. The lowest BCUT2D eigenvalue weighted by Crippen LogP contribution is -2.46. The van der Waals surface area contributed by atoms with Crippen LogP contribution < -0.4 is 4.74 Å². The lowest BCUT2D eigenvalue weighted by Gasteiger charge is -2.38. The molecule has 0 heterocycles. The van der Waals surface area contributed by atoms with Gasteiger partial charge in [0.05, 0.1) is 7.11 Å². The molecule has 4 heteroatoms. The summed E-state index contributed by atoms with van der Waals surface area (Å²) in [7, 11) is 1.66.